The molecule has 0 aliphatic heterocycles. The fourth-order valence-corrected chi connectivity index (χ4v) is 2.19. The topological polar surface area (TPSA) is 24.9 Å². The summed E-state index contributed by atoms with van der Waals surface area (Å²) in [5.74, 6) is -0.890. The van der Waals surface area contributed by atoms with Crippen LogP contribution >= 0.6 is 0 Å². The number of aryl methyl sites for hydroxylation is 1. The van der Waals surface area contributed by atoms with Gasteiger partial charge in [0, 0.05) is 11.8 Å². The van der Waals surface area contributed by atoms with E-state index in [1.807, 2.05) is 19.1 Å². The summed E-state index contributed by atoms with van der Waals surface area (Å²) in [4.78, 5) is 4.32. The van der Waals surface area contributed by atoms with Crippen molar-refractivity contribution in [3.05, 3.63) is 65.0 Å². The Morgan fingerprint density at radius 1 is 1.26 bits per heavy atom. The molecule has 0 saturated heterocycles. The van der Waals surface area contributed by atoms with Gasteiger partial charge in [0.15, 0.2) is 0 Å². The maximum absolute atomic E-state index is 13.9. The van der Waals surface area contributed by atoms with Crippen molar-refractivity contribution in [2.24, 2.45) is 0 Å². The number of halogens is 2. The van der Waals surface area contributed by atoms with Crippen molar-refractivity contribution >= 4 is 0 Å². The van der Waals surface area contributed by atoms with Gasteiger partial charge in [-0.1, -0.05) is 13.0 Å². The maximum Gasteiger partial charge on any atom is 0.128 e. The molecule has 100 valence electrons. The van der Waals surface area contributed by atoms with Crippen LogP contribution in [0.25, 0.3) is 0 Å². The van der Waals surface area contributed by atoms with E-state index < -0.39 is 17.7 Å². The third-order valence-corrected chi connectivity index (χ3v) is 3.14. The zero-order valence-corrected chi connectivity index (χ0v) is 11.0. The molecule has 1 heterocycles. The molecular weight excluding hydrogens is 246 g/mol. The first-order chi connectivity index (χ1) is 9.17. The molecule has 1 aromatic heterocycles. The van der Waals surface area contributed by atoms with Gasteiger partial charge in [-0.15, -0.1) is 0 Å². The second-order valence-corrected chi connectivity index (χ2v) is 4.29. The quantitative estimate of drug-likeness (QED) is 0.915. The number of nitrogens with one attached hydrogen (secondary N) is 1. The average Bonchev–Trinajstić information content (AvgIpc) is 2.44. The van der Waals surface area contributed by atoms with E-state index in [9.17, 15) is 8.78 Å². The maximum atomic E-state index is 13.9. The third kappa shape index (κ3) is 2.79. The monoisotopic (exact) mass is 262 g/mol. The SMILES string of the molecule is CCc1cccnc1C(NC)c1cc(F)ccc1F. The minimum atomic E-state index is -0.453. The predicted molar refractivity (Wildman–Crippen MR) is 70.9 cm³/mol. The number of aromatic nitrogens is 1. The number of benzene rings is 1. The van der Waals surface area contributed by atoms with Crippen molar-refractivity contribution in [2.75, 3.05) is 7.05 Å². The zero-order valence-electron chi connectivity index (χ0n) is 11.0. The number of hydrogen-bond acceptors (Lipinski definition) is 2. The smallest absolute Gasteiger partial charge is 0.128 e. The first-order valence-corrected chi connectivity index (χ1v) is 6.23. The van der Waals surface area contributed by atoms with E-state index in [0.29, 0.717) is 0 Å². The van der Waals surface area contributed by atoms with Gasteiger partial charge < -0.3 is 5.32 Å². The highest BCUT2D eigenvalue weighted by atomic mass is 19.1. The van der Waals surface area contributed by atoms with Crippen LogP contribution in [0.5, 0.6) is 0 Å². The molecule has 0 aliphatic rings. The van der Waals surface area contributed by atoms with E-state index >= 15 is 0 Å². The van der Waals surface area contributed by atoms with E-state index in [1.54, 1.807) is 13.2 Å². The fraction of sp³-hybridized carbons (Fsp3) is 0.267. The lowest BCUT2D eigenvalue weighted by molar-refractivity contribution is 0.552. The summed E-state index contributed by atoms with van der Waals surface area (Å²) in [5, 5.41) is 3.01. The first kappa shape index (κ1) is 13.6. The number of pyridine rings is 1. The van der Waals surface area contributed by atoms with Crippen LogP contribution in [0.15, 0.2) is 36.5 Å². The molecule has 19 heavy (non-hydrogen) atoms. The first-order valence-electron chi connectivity index (χ1n) is 6.23. The fourth-order valence-electron chi connectivity index (χ4n) is 2.19. The highest BCUT2D eigenvalue weighted by Gasteiger charge is 2.20. The van der Waals surface area contributed by atoms with Gasteiger partial charge in [0.1, 0.15) is 11.6 Å². The van der Waals surface area contributed by atoms with Gasteiger partial charge in [0.05, 0.1) is 11.7 Å². The van der Waals surface area contributed by atoms with E-state index in [4.69, 9.17) is 0 Å². The zero-order chi connectivity index (χ0) is 13.8. The lowest BCUT2D eigenvalue weighted by atomic mass is 9.98. The standard InChI is InChI=1S/C15H16F2N2/c1-3-10-5-4-8-19-14(10)15(18-2)12-9-11(16)6-7-13(12)17/h4-9,15,18H,3H2,1-2H3. The average molecular weight is 262 g/mol. The molecule has 1 unspecified atom stereocenters. The van der Waals surface area contributed by atoms with Crippen LogP contribution in [0.4, 0.5) is 8.78 Å². The summed E-state index contributed by atoms with van der Waals surface area (Å²) in [6.07, 6.45) is 2.45. The van der Waals surface area contributed by atoms with Crippen molar-refractivity contribution in [2.45, 2.75) is 19.4 Å². The molecule has 0 radical (unpaired) electrons. The minimum Gasteiger partial charge on any atom is -0.308 e. The van der Waals surface area contributed by atoms with Gasteiger partial charge in [-0.05, 0) is 43.3 Å². The van der Waals surface area contributed by atoms with Crippen molar-refractivity contribution in [3.8, 4) is 0 Å². The highest BCUT2D eigenvalue weighted by molar-refractivity contribution is 5.34. The molecule has 0 bridgehead atoms. The Bertz CT molecular complexity index is 570. The summed E-state index contributed by atoms with van der Waals surface area (Å²) in [6, 6.07) is 6.81. The molecule has 0 aliphatic carbocycles. The Morgan fingerprint density at radius 3 is 2.74 bits per heavy atom. The molecule has 1 aromatic carbocycles. The summed E-state index contributed by atoms with van der Waals surface area (Å²) in [6.45, 7) is 2.01. The molecule has 1 atom stereocenters. The normalized spacial score (nSPS) is 12.4. The highest BCUT2D eigenvalue weighted by Crippen LogP contribution is 2.26. The van der Waals surface area contributed by atoms with Crippen LogP contribution in [0.1, 0.15) is 29.8 Å². The number of hydrogen-bond donors (Lipinski definition) is 1. The van der Waals surface area contributed by atoms with Crippen LogP contribution in [-0.2, 0) is 6.42 Å². The largest absolute Gasteiger partial charge is 0.308 e. The molecule has 0 saturated carbocycles. The van der Waals surface area contributed by atoms with Gasteiger partial charge in [0.25, 0.3) is 0 Å². The number of nitrogens with zero attached hydrogens (tertiary/aromatic N) is 1. The van der Waals surface area contributed by atoms with E-state index in [-0.39, 0.29) is 5.56 Å². The van der Waals surface area contributed by atoms with Crippen LogP contribution < -0.4 is 5.32 Å². The summed E-state index contributed by atoms with van der Waals surface area (Å²) in [5.41, 5.74) is 2.03. The molecule has 2 rings (SSSR count). The van der Waals surface area contributed by atoms with Gasteiger partial charge >= 0.3 is 0 Å². The summed E-state index contributed by atoms with van der Waals surface area (Å²) in [7, 11) is 1.71. The Kier molecular flexibility index (Phi) is 4.22. The molecule has 2 nitrogen and oxygen atoms in total. The van der Waals surface area contributed by atoms with Gasteiger partial charge in [-0.25, -0.2) is 8.78 Å². The molecule has 1 N–H and O–H groups in total. The van der Waals surface area contributed by atoms with Crippen molar-refractivity contribution < 1.29 is 8.78 Å². The Morgan fingerprint density at radius 2 is 2.05 bits per heavy atom. The van der Waals surface area contributed by atoms with Crippen LogP contribution in [0.3, 0.4) is 0 Å². The van der Waals surface area contributed by atoms with Crippen LogP contribution in [-0.4, -0.2) is 12.0 Å². The predicted octanol–water partition coefficient (Wildman–Crippen LogP) is 3.23. The second kappa shape index (κ2) is 5.89. The van der Waals surface area contributed by atoms with Crippen molar-refractivity contribution in [1.29, 1.82) is 0 Å². The lowest BCUT2D eigenvalue weighted by Gasteiger charge is -2.19. The summed E-state index contributed by atoms with van der Waals surface area (Å²) >= 11 is 0. The van der Waals surface area contributed by atoms with Gasteiger partial charge in [-0.3, -0.25) is 4.98 Å². The minimum absolute atomic E-state index is 0.274. The van der Waals surface area contributed by atoms with E-state index in [0.717, 1.165) is 29.8 Å². The lowest BCUT2D eigenvalue weighted by Crippen LogP contribution is -2.21. The third-order valence-electron chi connectivity index (χ3n) is 3.14. The molecular formula is C15H16F2N2. The Labute approximate surface area is 111 Å². The molecule has 0 spiro atoms. The van der Waals surface area contributed by atoms with Crippen LogP contribution in [0.2, 0.25) is 0 Å². The molecule has 0 amide bonds. The molecule has 4 heteroatoms. The Balaban J connectivity index is 2.53. The van der Waals surface area contributed by atoms with E-state index in [2.05, 4.69) is 10.3 Å². The number of rotatable bonds is 4. The summed E-state index contributed by atoms with van der Waals surface area (Å²) < 4.78 is 27.2. The van der Waals surface area contributed by atoms with Crippen molar-refractivity contribution in [3.63, 3.8) is 0 Å². The van der Waals surface area contributed by atoms with Crippen molar-refractivity contribution in [1.82, 2.24) is 10.3 Å². The van der Waals surface area contributed by atoms with E-state index in [1.165, 1.54) is 6.07 Å². The van der Waals surface area contributed by atoms with Gasteiger partial charge in [0.2, 0.25) is 0 Å². The molecule has 0 fully saturated rings. The molecule has 2 aromatic rings. The Hall–Kier alpha value is -1.81. The van der Waals surface area contributed by atoms with Crippen LogP contribution in [0, 0.1) is 11.6 Å². The second-order valence-electron chi connectivity index (χ2n) is 4.29. The van der Waals surface area contributed by atoms with Gasteiger partial charge in [-0.2, -0.15) is 0 Å².